The average Bonchev–Trinajstić information content (AvgIpc) is 3.44. The van der Waals surface area contributed by atoms with Crippen molar-refractivity contribution >= 4 is 17.8 Å². The van der Waals surface area contributed by atoms with Crippen LogP contribution in [-0.4, -0.2) is 67.3 Å². The SMILES string of the molecule is CC(NC(=NCC(=O)N(C)C)NC1CCN(C(=O)C2CCCC2)C1)c1ccccc1. The summed E-state index contributed by atoms with van der Waals surface area (Å²) in [6, 6.07) is 10.3. The molecule has 0 aromatic heterocycles. The fourth-order valence-corrected chi connectivity index (χ4v) is 4.15. The van der Waals surface area contributed by atoms with E-state index in [-0.39, 0.29) is 30.5 Å². The Hall–Kier alpha value is -2.57. The largest absolute Gasteiger partial charge is 0.352 e. The first-order chi connectivity index (χ1) is 14.4. The lowest BCUT2D eigenvalue weighted by Crippen LogP contribution is -2.46. The van der Waals surface area contributed by atoms with Gasteiger partial charge in [0.1, 0.15) is 6.54 Å². The van der Waals surface area contributed by atoms with Gasteiger partial charge in [-0.1, -0.05) is 43.2 Å². The minimum Gasteiger partial charge on any atom is -0.352 e. The van der Waals surface area contributed by atoms with Crippen LogP contribution in [-0.2, 0) is 9.59 Å². The fourth-order valence-electron chi connectivity index (χ4n) is 4.15. The summed E-state index contributed by atoms with van der Waals surface area (Å²) in [6.45, 7) is 3.63. The van der Waals surface area contributed by atoms with E-state index in [2.05, 4.69) is 34.7 Å². The molecule has 1 aromatic carbocycles. The van der Waals surface area contributed by atoms with E-state index in [4.69, 9.17) is 0 Å². The quantitative estimate of drug-likeness (QED) is 0.554. The highest BCUT2D eigenvalue weighted by atomic mass is 16.2. The second-order valence-electron chi connectivity index (χ2n) is 8.63. The van der Waals surface area contributed by atoms with Gasteiger partial charge in [0.05, 0.1) is 6.04 Å². The van der Waals surface area contributed by atoms with Crippen LogP contribution in [0.4, 0.5) is 0 Å². The summed E-state index contributed by atoms with van der Waals surface area (Å²) in [5.41, 5.74) is 1.15. The van der Waals surface area contributed by atoms with Gasteiger partial charge in [0.25, 0.3) is 0 Å². The smallest absolute Gasteiger partial charge is 0.243 e. The molecule has 1 saturated carbocycles. The lowest BCUT2D eigenvalue weighted by molar-refractivity contribution is -0.134. The van der Waals surface area contributed by atoms with E-state index >= 15 is 0 Å². The molecule has 1 saturated heterocycles. The molecule has 2 unspecified atom stereocenters. The first kappa shape index (κ1) is 22.1. The van der Waals surface area contributed by atoms with E-state index in [0.717, 1.165) is 31.4 Å². The molecule has 2 amide bonds. The van der Waals surface area contributed by atoms with Gasteiger partial charge in [0, 0.05) is 39.1 Å². The molecule has 2 N–H and O–H groups in total. The van der Waals surface area contributed by atoms with Crippen LogP contribution in [0.1, 0.15) is 50.6 Å². The lowest BCUT2D eigenvalue weighted by atomic mass is 10.1. The van der Waals surface area contributed by atoms with Crippen LogP contribution in [0.3, 0.4) is 0 Å². The van der Waals surface area contributed by atoms with Crippen molar-refractivity contribution in [3.05, 3.63) is 35.9 Å². The summed E-state index contributed by atoms with van der Waals surface area (Å²) in [7, 11) is 3.46. The Bertz CT molecular complexity index is 743. The third-order valence-electron chi connectivity index (χ3n) is 6.07. The van der Waals surface area contributed by atoms with Crippen molar-refractivity contribution in [2.24, 2.45) is 10.9 Å². The van der Waals surface area contributed by atoms with Crippen molar-refractivity contribution in [1.29, 1.82) is 0 Å². The highest BCUT2D eigenvalue weighted by molar-refractivity contribution is 5.85. The summed E-state index contributed by atoms with van der Waals surface area (Å²) in [6.07, 6.45) is 5.29. The second kappa shape index (κ2) is 10.5. The number of aliphatic imine (C=N–C) groups is 1. The number of guanidine groups is 1. The zero-order chi connectivity index (χ0) is 21.5. The number of rotatable bonds is 6. The van der Waals surface area contributed by atoms with Crippen LogP contribution in [0.5, 0.6) is 0 Å². The van der Waals surface area contributed by atoms with E-state index in [1.54, 1.807) is 19.0 Å². The van der Waals surface area contributed by atoms with Gasteiger partial charge in [0.2, 0.25) is 11.8 Å². The van der Waals surface area contributed by atoms with E-state index < -0.39 is 0 Å². The standard InChI is InChI=1S/C23H35N5O2/c1-17(18-9-5-4-6-10-18)25-23(24-15-21(29)27(2)3)26-20-13-14-28(16-20)22(30)19-11-7-8-12-19/h4-6,9-10,17,19-20H,7-8,11-16H2,1-3H3,(H2,24,25,26). The lowest BCUT2D eigenvalue weighted by Gasteiger charge is -2.23. The Morgan fingerprint density at radius 3 is 2.53 bits per heavy atom. The molecule has 0 bridgehead atoms. The van der Waals surface area contributed by atoms with Crippen LogP contribution < -0.4 is 10.6 Å². The molecule has 7 nitrogen and oxygen atoms in total. The number of carbonyl (C=O) groups is 2. The van der Waals surface area contributed by atoms with Gasteiger partial charge in [-0.05, 0) is 31.7 Å². The highest BCUT2D eigenvalue weighted by Crippen LogP contribution is 2.27. The van der Waals surface area contributed by atoms with Crippen molar-refractivity contribution in [2.75, 3.05) is 33.7 Å². The van der Waals surface area contributed by atoms with Gasteiger partial charge in [-0.3, -0.25) is 9.59 Å². The van der Waals surface area contributed by atoms with Crippen LogP contribution in [0, 0.1) is 5.92 Å². The number of likely N-dealkylation sites (tertiary alicyclic amines) is 1. The summed E-state index contributed by atoms with van der Waals surface area (Å²) < 4.78 is 0. The minimum atomic E-state index is -0.0482. The fraction of sp³-hybridized carbons (Fsp3) is 0.609. The molecule has 30 heavy (non-hydrogen) atoms. The van der Waals surface area contributed by atoms with Gasteiger partial charge in [-0.2, -0.15) is 0 Å². The Morgan fingerprint density at radius 1 is 1.17 bits per heavy atom. The number of likely N-dealkylation sites (N-methyl/N-ethyl adjacent to an activating group) is 1. The summed E-state index contributed by atoms with van der Waals surface area (Å²) in [5, 5.41) is 6.88. The van der Waals surface area contributed by atoms with Crippen molar-refractivity contribution in [3.63, 3.8) is 0 Å². The molecular weight excluding hydrogens is 378 g/mol. The molecule has 164 valence electrons. The summed E-state index contributed by atoms with van der Waals surface area (Å²) in [5.74, 6) is 1.09. The first-order valence-corrected chi connectivity index (χ1v) is 11.1. The molecule has 2 aliphatic rings. The van der Waals surface area contributed by atoms with Crippen LogP contribution in [0.15, 0.2) is 35.3 Å². The van der Waals surface area contributed by atoms with Gasteiger partial charge in [0.15, 0.2) is 5.96 Å². The molecule has 1 aromatic rings. The van der Waals surface area contributed by atoms with Crippen molar-refractivity contribution in [3.8, 4) is 0 Å². The summed E-state index contributed by atoms with van der Waals surface area (Å²) in [4.78, 5) is 32.8. The van der Waals surface area contributed by atoms with Crippen molar-refractivity contribution in [2.45, 2.75) is 51.1 Å². The Morgan fingerprint density at radius 2 is 1.87 bits per heavy atom. The van der Waals surface area contributed by atoms with Crippen molar-refractivity contribution < 1.29 is 9.59 Å². The van der Waals surface area contributed by atoms with Crippen LogP contribution in [0.2, 0.25) is 0 Å². The predicted molar refractivity (Wildman–Crippen MR) is 119 cm³/mol. The zero-order valence-electron chi connectivity index (χ0n) is 18.4. The van der Waals surface area contributed by atoms with Crippen molar-refractivity contribution in [1.82, 2.24) is 20.4 Å². The van der Waals surface area contributed by atoms with Gasteiger partial charge < -0.3 is 20.4 Å². The number of amides is 2. The number of carbonyl (C=O) groups excluding carboxylic acids is 2. The molecule has 0 radical (unpaired) electrons. The molecule has 1 heterocycles. The minimum absolute atomic E-state index is 0.0459. The van der Waals surface area contributed by atoms with Gasteiger partial charge in [-0.25, -0.2) is 4.99 Å². The monoisotopic (exact) mass is 413 g/mol. The highest BCUT2D eigenvalue weighted by Gasteiger charge is 2.32. The Kier molecular flexibility index (Phi) is 7.71. The second-order valence-corrected chi connectivity index (χ2v) is 8.63. The molecule has 0 spiro atoms. The number of nitrogens with zero attached hydrogens (tertiary/aromatic N) is 3. The Labute approximate surface area is 179 Å². The Balaban J connectivity index is 1.62. The number of hydrogen-bond donors (Lipinski definition) is 2. The molecule has 2 fully saturated rings. The van der Waals surface area contributed by atoms with E-state index in [0.29, 0.717) is 18.4 Å². The topological polar surface area (TPSA) is 77.0 Å². The molecule has 7 heteroatoms. The van der Waals surface area contributed by atoms with Crippen LogP contribution in [0.25, 0.3) is 0 Å². The summed E-state index contributed by atoms with van der Waals surface area (Å²) >= 11 is 0. The van der Waals surface area contributed by atoms with E-state index in [1.807, 2.05) is 23.1 Å². The maximum Gasteiger partial charge on any atom is 0.243 e. The van der Waals surface area contributed by atoms with E-state index in [1.165, 1.54) is 12.8 Å². The first-order valence-electron chi connectivity index (χ1n) is 11.1. The predicted octanol–water partition coefficient (Wildman–Crippen LogP) is 2.16. The molecule has 1 aliphatic heterocycles. The molecule has 1 aliphatic carbocycles. The third kappa shape index (κ3) is 5.97. The average molecular weight is 414 g/mol. The normalized spacial score (nSPS) is 20.8. The van der Waals surface area contributed by atoms with Gasteiger partial charge >= 0.3 is 0 Å². The number of nitrogens with one attached hydrogen (secondary N) is 2. The van der Waals surface area contributed by atoms with E-state index in [9.17, 15) is 9.59 Å². The third-order valence-corrected chi connectivity index (χ3v) is 6.07. The molecule has 3 rings (SSSR count). The maximum atomic E-state index is 12.7. The zero-order valence-corrected chi connectivity index (χ0v) is 18.4. The van der Waals surface area contributed by atoms with Crippen LogP contribution >= 0.6 is 0 Å². The maximum absolute atomic E-state index is 12.7. The number of hydrogen-bond acceptors (Lipinski definition) is 3. The molecular formula is C23H35N5O2. The van der Waals surface area contributed by atoms with Gasteiger partial charge in [-0.15, -0.1) is 0 Å². The molecule has 2 atom stereocenters. The number of benzene rings is 1.